The molecule has 5 N–H and O–H groups in total. The van der Waals surface area contributed by atoms with Gasteiger partial charge in [-0.25, -0.2) is 0 Å². The van der Waals surface area contributed by atoms with Crippen molar-refractivity contribution in [3.8, 4) is 0 Å². The number of dihydropyridines is 1. The second-order valence-electron chi connectivity index (χ2n) is 8.12. The fraction of sp³-hybridized carbons (Fsp3) is 0.240. The van der Waals surface area contributed by atoms with Crippen molar-refractivity contribution in [1.82, 2.24) is 20.6 Å². The Bertz CT molecular complexity index is 1290. The molecule has 0 spiro atoms. The summed E-state index contributed by atoms with van der Waals surface area (Å²) in [6, 6.07) is 9.04. The van der Waals surface area contributed by atoms with Gasteiger partial charge in [0.05, 0.1) is 16.4 Å². The number of allylic oxidation sites excluding steroid dienone is 2. The number of rotatable bonds is 7. The Balaban J connectivity index is 1.53. The van der Waals surface area contributed by atoms with Crippen LogP contribution in [0.3, 0.4) is 0 Å². The first-order chi connectivity index (χ1) is 16.3. The minimum atomic E-state index is -1.13. The van der Waals surface area contributed by atoms with E-state index in [0.717, 1.165) is 16.5 Å². The molecule has 0 fully saturated rings. The van der Waals surface area contributed by atoms with Crippen molar-refractivity contribution in [2.45, 2.75) is 25.7 Å². The molecule has 1 aliphatic heterocycles. The lowest BCUT2D eigenvalue weighted by molar-refractivity contribution is -0.0760. The maximum Gasteiger partial charge on any atom is 0.251 e. The Hall–Kier alpha value is -3.46. The first-order valence-corrected chi connectivity index (χ1v) is 11.2. The van der Waals surface area contributed by atoms with E-state index in [1.54, 1.807) is 30.5 Å². The van der Waals surface area contributed by atoms with Crippen LogP contribution in [0.25, 0.3) is 10.9 Å². The second kappa shape index (κ2) is 10.2. The van der Waals surface area contributed by atoms with Crippen LogP contribution < -0.4 is 16.4 Å². The Morgan fingerprint density at radius 2 is 2.12 bits per heavy atom. The van der Waals surface area contributed by atoms with E-state index in [9.17, 15) is 9.90 Å². The van der Waals surface area contributed by atoms with Gasteiger partial charge in [0.15, 0.2) is 6.29 Å². The van der Waals surface area contributed by atoms with Gasteiger partial charge >= 0.3 is 0 Å². The van der Waals surface area contributed by atoms with Crippen LogP contribution in [0, 0.1) is 0 Å². The van der Waals surface area contributed by atoms with E-state index in [0.29, 0.717) is 46.1 Å². The average Bonchev–Trinajstić information content (AvgIpc) is 2.82. The Morgan fingerprint density at radius 3 is 2.88 bits per heavy atom. The number of benzene rings is 1. The number of methoxy groups -OCH3 is 1. The van der Waals surface area contributed by atoms with Gasteiger partial charge in [-0.1, -0.05) is 17.7 Å². The molecule has 1 aliphatic rings. The summed E-state index contributed by atoms with van der Waals surface area (Å²) >= 11 is 6.12. The second-order valence-corrected chi connectivity index (χ2v) is 8.56. The van der Waals surface area contributed by atoms with Crippen LogP contribution in [0.15, 0.2) is 66.3 Å². The van der Waals surface area contributed by atoms with Crippen molar-refractivity contribution >= 4 is 28.4 Å². The number of nitrogens with two attached hydrogens (primary N) is 1. The third-order valence-electron chi connectivity index (χ3n) is 5.66. The number of carbonyl (C=O) groups is 1. The molecule has 1 aromatic carbocycles. The summed E-state index contributed by atoms with van der Waals surface area (Å²) in [6.45, 7) is 2.40. The molecule has 2 atom stereocenters. The number of pyridine rings is 2. The van der Waals surface area contributed by atoms with Crippen LogP contribution in [0.2, 0.25) is 5.02 Å². The summed E-state index contributed by atoms with van der Waals surface area (Å²) in [7, 11) is 1.42. The lowest BCUT2D eigenvalue weighted by atomic mass is 10.0. The summed E-state index contributed by atoms with van der Waals surface area (Å²) in [4.78, 5) is 21.5. The monoisotopic (exact) mass is 479 g/mol. The van der Waals surface area contributed by atoms with Gasteiger partial charge in [0.2, 0.25) is 0 Å². The van der Waals surface area contributed by atoms with E-state index >= 15 is 0 Å². The first-order valence-electron chi connectivity index (χ1n) is 10.8. The summed E-state index contributed by atoms with van der Waals surface area (Å²) in [5.41, 5.74) is 10.1. The molecule has 2 aromatic heterocycles. The van der Waals surface area contributed by atoms with Crippen LogP contribution >= 0.6 is 11.6 Å². The van der Waals surface area contributed by atoms with Gasteiger partial charge in [0, 0.05) is 60.7 Å². The van der Waals surface area contributed by atoms with E-state index in [1.807, 2.05) is 25.1 Å². The Labute approximate surface area is 202 Å². The zero-order valence-corrected chi connectivity index (χ0v) is 19.6. The topological polar surface area (TPSA) is 122 Å². The molecule has 9 heteroatoms. The maximum absolute atomic E-state index is 12.8. The Kier molecular flexibility index (Phi) is 7.12. The van der Waals surface area contributed by atoms with Crippen LogP contribution in [-0.4, -0.2) is 40.7 Å². The van der Waals surface area contributed by atoms with Crippen LogP contribution in [0.5, 0.6) is 0 Å². The number of halogens is 1. The molecule has 0 radical (unpaired) electrons. The maximum atomic E-state index is 12.8. The number of aliphatic hydroxyl groups excluding tert-OH is 1. The zero-order chi connectivity index (χ0) is 24.2. The molecule has 3 heterocycles. The molecule has 8 nitrogen and oxygen atoms in total. The van der Waals surface area contributed by atoms with Gasteiger partial charge in [-0.2, -0.15) is 0 Å². The number of aromatic nitrogens is 2. The zero-order valence-electron chi connectivity index (χ0n) is 18.9. The smallest absolute Gasteiger partial charge is 0.251 e. The number of nitrogens with one attached hydrogen (secondary N) is 2. The first kappa shape index (κ1) is 23.7. The minimum Gasteiger partial charge on any atom is -0.386 e. The standard InChI is InChI=1S/C25H26ClN5O3/c1-14-17(3-4-22(27)31-14)12-30-24(32)16-5-6-28-20(11-16)8-15-7-18-10-19(26)13-29-23(18)21(9-15)25(33)34-2/h3-7,9-11,13-14,25,31,33H,8,12,27H2,1-2H3,(H,30,32). The summed E-state index contributed by atoms with van der Waals surface area (Å²) in [5, 5.41) is 17.7. The highest BCUT2D eigenvalue weighted by molar-refractivity contribution is 6.31. The van der Waals surface area contributed by atoms with Gasteiger partial charge in [-0.05, 0) is 54.5 Å². The summed E-state index contributed by atoms with van der Waals surface area (Å²) < 4.78 is 5.12. The van der Waals surface area contributed by atoms with Crippen molar-refractivity contribution in [3.63, 3.8) is 0 Å². The fourth-order valence-corrected chi connectivity index (χ4v) is 4.05. The number of ether oxygens (including phenoxy) is 1. The van der Waals surface area contributed by atoms with Gasteiger partial charge in [-0.3, -0.25) is 14.8 Å². The molecular formula is C25H26ClN5O3. The van der Waals surface area contributed by atoms with E-state index in [1.165, 1.54) is 13.3 Å². The SMILES string of the molecule is COC(O)c1cc(Cc2cc(C(=O)NCC3=CC=C(N)NC3C)ccn2)cc2cc(Cl)cnc12. The molecule has 0 saturated heterocycles. The minimum absolute atomic E-state index is 0.0471. The van der Waals surface area contributed by atoms with Gasteiger partial charge in [0.1, 0.15) is 0 Å². The Morgan fingerprint density at radius 1 is 1.29 bits per heavy atom. The average molecular weight is 480 g/mol. The lowest BCUT2D eigenvalue weighted by Gasteiger charge is -2.22. The number of hydrogen-bond donors (Lipinski definition) is 4. The van der Waals surface area contributed by atoms with E-state index in [-0.39, 0.29) is 11.9 Å². The molecule has 0 saturated carbocycles. The van der Waals surface area contributed by atoms with Crippen molar-refractivity contribution < 1.29 is 14.6 Å². The largest absolute Gasteiger partial charge is 0.386 e. The van der Waals surface area contributed by atoms with Crippen molar-refractivity contribution in [3.05, 3.63) is 93.7 Å². The van der Waals surface area contributed by atoms with E-state index in [4.69, 9.17) is 22.1 Å². The third-order valence-corrected chi connectivity index (χ3v) is 5.87. The molecule has 2 unspecified atom stereocenters. The lowest BCUT2D eigenvalue weighted by Crippen LogP contribution is -2.38. The van der Waals surface area contributed by atoms with Gasteiger partial charge in [0.25, 0.3) is 5.91 Å². The predicted molar refractivity (Wildman–Crippen MR) is 131 cm³/mol. The quantitative estimate of drug-likeness (QED) is 0.384. The molecular weight excluding hydrogens is 454 g/mol. The normalized spacial score (nSPS) is 16.4. The molecule has 4 rings (SSSR count). The highest BCUT2D eigenvalue weighted by atomic mass is 35.5. The van der Waals surface area contributed by atoms with Crippen molar-refractivity contribution in [1.29, 1.82) is 0 Å². The fourth-order valence-electron chi connectivity index (χ4n) is 3.89. The van der Waals surface area contributed by atoms with Crippen LogP contribution in [0.1, 0.15) is 40.4 Å². The van der Waals surface area contributed by atoms with Crippen LogP contribution in [-0.2, 0) is 11.2 Å². The van der Waals surface area contributed by atoms with Gasteiger partial charge in [-0.15, -0.1) is 0 Å². The molecule has 1 amide bonds. The number of carbonyl (C=O) groups excluding carboxylic acids is 1. The number of aliphatic hydroxyl groups is 1. The summed E-state index contributed by atoms with van der Waals surface area (Å²) in [5.74, 6) is 0.415. The molecule has 0 aliphatic carbocycles. The molecule has 34 heavy (non-hydrogen) atoms. The number of hydrogen-bond acceptors (Lipinski definition) is 7. The highest BCUT2D eigenvalue weighted by Gasteiger charge is 2.16. The third kappa shape index (κ3) is 5.36. The predicted octanol–water partition coefficient (Wildman–Crippen LogP) is 2.96. The number of nitrogens with zero attached hydrogens (tertiary/aromatic N) is 2. The molecule has 3 aromatic rings. The highest BCUT2D eigenvalue weighted by Crippen LogP contribution is 2.28. The van der Waals surface area contributed by atoms with Crippen molar-refractivity contribution in [2.24, 2.45) is 5.73 Å². The molecule has 176 valence electrons. The van der Waals surface area contributed by atoms with Gasteiger partial charge < -0.3 is 26.2 Å². The van der Waals surface area contributed by atoms with E-state index < -0.39 is 6.29 Å². The molecule has 0 bridgehead atoms. The summed E-state index contributed by atoms with van der Waals surface area (Å²) in [6.07, 6.45) is 6.17. The van der Waals surface area contributed by atoms with Crippen molar-refractivity contribution in [2.75, 3.05) is 13.7 Å². The number of amides is 1. The number of fused-ring (bicyclic) bond motifs is 1. The van der Waals surface area contributed by atoms with Crippen LogP contribution in [0.4, 0.5) is 0 Å². The van der Waals surface area contributed by atoms with E-state index in [2.05, 4.69) is 20.6 Å².